The number of anilines is 4. The molecule has 8 rings (SSSR count). The molecule has 0 aromatic heterocycles. The van der Waals surface area contributed by atoms with Crippen LogP contribution >= 0.6 is 12.6 Å². The smallest absolute Gasteiger partial charge is 0.260 e. The lowest BCUT2D eigenvalue weighted by atomic mass is 10.1. The fourth-order valence-electron chi connectivity index (χ4n) is 8.93. The van der Waals surface area contributed by atoms with Gasteiger partial charge < -0.3 is 53.2 Å². The fourth-order valence-corrected chi connectivity index (χ4v) is 9.13. The van der Waals surface area contributed by atoms with E-state index >= 15 is 0 Å². The number of aliphatic imine (C=N–C) groups is 1. The lowest BCUT2D eigenvalue weighted by Gasteiger charge is -2.28. The zero-order chi connectivity index (χ0) is 46.9. The maximum Gasteiger partial charge on any atom is 0.260 e. The first-order chi connectivity index (χ1) is 32.7. The van der Waals surface area contributed by atoms with Crippen molar-refractivity contribution in [2.24, 2.45) is 4.99 Å². The van der Waals surface area contributed by atoms with Crippen molar-refractivity contribution in [3.05, 3.63) is 124 Å². The molecule has 3 heterocycles. The molecular formula is C52H59N5O9S. The number of carbonyl (C=O) groups excluding carboxylic acids is 2. The normalized spacial score (nSPS) is 15.1. The minimum atomic E-state index is -0.185. The quantitative estimate of drug-likeness (QED) is 0.0396. The van der Waals surface area contributed by atoms with Gasteiger partial charge >= 0.3 is 0 Å². The van der Waals surface area contributed by atoms with Crippen molar-refractivity contribution in [2.45, 2.75) is 44.3 Å². The van der Waals surface area contributed by atoms with Crippen LogP contribution in [0.15, 0.2) is 96.0 Å². The van der Waals surface area contributed by atoms with Gasteiger partial charge in [0, 0.05) is 67.7 Å². The molecule has 0 spiro atoms. The molecule has 0 saturated carbocycles. The number of nitrogens with zero attached hydrogens (tertiary/aromatic N) is 4. The Hall–Kier alpha value is -6.26. The number of hydrogen-bond donors (Lipinski definition) is 2. The van der Waals surface area contributed by atoms with Crippen LogP contribution in [0.3, 0.4) is 0 Å². The summed E-state index contributed by atoms with van der Waals surface area (Å²) < 4.78 is 41.4. The molecule has 1 N–H and O–H groups in total. The van der Waals surface area contributed by atoms with Gasteiger partial charge in [-0.3, -0.25) is 14.6 Å². The molecule has 352 valence electrons. The fraction of sp³-hybridized carbons (Fsp3) is 0.365. The Morgan fingerprint density at radius 2 is 1.48 bits per heavy atom. The van der Waals surface area contributed by atoms with Crippen molar-refractivity contribution in [3.8, 4) is 23.0 Å². The van der Waals surface area contributed by atoms with Crippen LogP contribution in [-0.2, 0) is 40.3 Å². The van der Waals surface area contributed by atoms with Crippen molar-refractivity contribution in [2.75, 3.05) is 101 Å². The van der Waals surface area contributed by atoms with Gasteiger partial charge in [0.15, 0.2) is 23.0 Å². The largest absolute Gasteiger partial charge is 0.493 e. The molecule has 0 radical (unpaired) electrons. The number of thiol groups is 1. The Balaban J connectivity index is 1.05. The number of fused-ring (bicyclic) bond motifs is 5. The van der Waals surface area contributed by atoms with Crippen molar-refractivity contribution in [1.82, 2.24) is 0 Å². The molecule has 0 unspecified atom stereocenters. The Bertz CT molecular complexity index is 2570. The number of rotatable bonds is 22. The maximum absolute atomic E-state index is 14.1. The van der Waals surface area contributed by atoms with Gasteiger partial charge in [-0.2, -0.15) is 12.6 Å². The number of amides is 2. The second-order valence-corrected chi connectivity index (χ2v) is 17.6. The molecule has 14 nitrogen and oxygen atoms in total. The number of carbonyl (C=O) groups is 2. The molecule has 2 atom stereocenters. The molecular weight excluding hydrogens is 871 g/mol. The second kappa shape index (κ2) is 22.0. The SMILES string of the molecule is C=Nc1cc(OCc2cc(COc3cc4c(cc3OC)C(=O)N3c5ccccc5C[C@H]3CN4)cc(N(CCOCCOCCOC)C[C@H](C)S)c2)c(OC)cc1C(=O)N1CCc2ccccc21. The average molecular weight is 930 g/mol. The summed E-state index contributed by atoms with van der Waals surface area (Å²) in [6.07, 6.45) is 1.56. The highest BCUT2D eigenvalue weighted by Crippen LogP contribution is 2.42. The maximum atomic E-state index is 14.1. The van der Waals surface area contributed by atoms with Crippen molar-refractivity contribution in [1.29, 1.82) is 0 Å². The Morgan fingerprint density at radius 1 is 0.821 bits per heavy atom. The Morgan fingerprint density at radius 3 is 2.18 bits per heavy atom. The lowest BCUT2D eigenvalue weighted by Crippen LogP contribution is -2.39. The van der Waals surface area contributed by atoms with E-state index in [9.17, 15) is 9.59 Å². The van der Waals surface area contributed by atoms with Crippen LogP contribution in [0.4, 0.5) is 28.4 Å². The summed E-state index contributed by atoms with van der Waals surface area (Å²) in [5, 5.41) is 3.57. The molecule has 3 aliphatic rings. The molecule has 0 fully saturated rings. The van der Waals surface area contributed by atoms with E-state index in [-0.39, 0.29) is 36.3 Å². The second-order valence-electron chi connectivity index (χ2n) is 16.7. The van der Waals surface area contributed by atoms with Gasteiger partial charge in [-0.15, -0.1) is 0 Å². The topological polar surface area (TPSA) is 133 Å². The van der Waals surface area contributed by atoms with E-state index in [1.54, 1.807) is 44.4 Å². The predicted molar refractivity (Wildman–Crippen MR) is 266 cm³/mol. The van der Waals surface area contributed by atoms with Gasteiger partial charge in [-0.1, -0.05) is 43.3 Å². The standard InChI is InChI=1S/C52H59N5O9S/c1-34(67)31-55(16-17-63-20-21-64-19-18-60-3)39-23-35(32-65-49-28-43(53-2)41(26-47(49)61-4)51(58)56-15-14-37-10-6-8-12-45(37)56)22-36(24-39)33-66-50-29-44-42(27-48(50)62-5)52(59)57-40(30-54-44)25-38-11-7-9-13-46(38)57/h6-13,22-24,26-29,34,40,54,67H,2,14-21,25,30-33H2,1,3-5H3/t34-,40-/m0/s1. The van der Waals surface area contributed by atoms with Crippen LogP contribution < -0.4 is 39.0 Å². The summed E-state index contributed by atoms with van der Waals surface area (Å²) in [4.78, 5) is 38.3. The zero-order valence-electron chi connectivity index (χ0n) is 38.6. The van der Waals surface area contributed by atoms with Gasteiger partial charge in [0.25, 0.3) is 11.8 Å². The lowest BCUT2D eigenvalue weighted by molar-refractivity contribution is 0.0265. The van der Waals surface area contributed by atoms with E-state index in [1.165, 1.54) is 0 Å². The van der Waals surface area contributed by atoms with Crippen LogP contribution in [0.5, 0.6) is 23.0 Å². The van der Waals surface area contributed by atoms with Gasteiger partial charge in [-0.25, -0.2) is 0 Å². The number of ether oxygens (including phenoxy) is 7. The summed E-state index contributed by atoms with van der Waals surface area (Å²) in [6, 6.07) is 29.2. The van der Waals surface area contributed by atoms with Gasteiger partial charge in [-0.05, 0) is 84.3 Å². The van der Waals surface area contributed by atoms with Crippen LogP contribution in [0.2, 0.25) is 0 Å². The first-order valence-corrected chi connectivity index (χ1v) is 23.1. The first kappa shape index (κ1) is 47.2. The van der Waals surface area contributed by atoms with Crippen molar-refractivity contribution in [3.63, 3.8) is 0 Å². The van der Waals surface area contributed by atoms with E-state index in [4.69, 9.17) is 45.8 Å². The summed E-state index contributed by atoms with van der Waals surface area (Å²) in [5.41, 5.74) is 8.74. The number of methoxy groups -OCH3 is 3. The molecule has 2 amide bonds. The number of para-hydroxylation sites is 2. The molecule has 0 bridgehead atoms. The Kier molecular flexibility index (Phi) is 15.5. The summed E-state index contributed by atoms with van der Waals surface area (Å²) in [7, 11) is 4.77. The number of hydrogen-bond acceptors (Lipinski definition) is 13. The first-order valence-electron chi connectivity index (χ1n) is 22.6. The minimum absolute atomic E-state index is 0.00767. The predicted octanol–water partition coefficient (Wildman–Crippen LogP) is 8.20. The Labute approximate surface area is 398 Å². The highest BCUT2D eigenvalue weighted by molar-refractivity contribution is 7.81. The summed E-state index contributed by atoms with van der Waals surface area (Å²) in [5.74, 6) is 1.48. The summed E-state index contributed by atoms with van der Waals surface area (Å²) in [6.45, 7) is 11.0. The van der Waals surface area contributed by atoms with Gasteiger partial charge in [0.2, 0.25) is 0 Å². The monoisotopic (exact) mass is 929 g/mol. The van der Waals surface area contributed by atoms with Gasteiger partial charge in [0.1, 0.15) is 13.2 Å². The number of benzene rings is 5. The molecule has 5 aromatic rings. The molecule has 15 heteroatoms. The van der Waals surface area contributed by atoms with Crippen LogP contribution in [0.25, 0.3) is 0 Å². The highest BCUT2D eigenvalue weighted by Gasteiger charge is 2.38. The average Bonchev–Trinajstić information content (AvgIpc) is 3.92. The molecule has 3 aliphatic heterocycles. The minimum Gasteiger partial charge on any atom is -0.493 e. The van der Waals surface area contributed by atoms with Gasteiger partial charge in [0.05, 0.1) is 75.8 Å². The van der Waals surface area contributed by atoms with E-state index in [1.807, 2.05) is 59.5 Å². The highest BCUT2D eigenvalue weighted by atomic mass is 32.1. The third kappa shape index (κ3) is 10.8. The third-order valence-electron chi connectivity index (χ3n) is 12.2. The molecule has 5 aromatic carbocycles. The third-order valence-corrected chi connectivity index (χ3v) is 12.3. The van der Waals surface area contributed by atoms with E-state index in [0.717, 1.165) is 52.2 Å². The van der Waals surface area contributed by atoms with E-state index in [2.05, 4.69) is 47.0 Å². The zero-order valence-corrected chi connectivity index (χ0v) is 39.5. The molecule has 0 saturated heterocycles. The van der Waals surface area contributed by atoms with Crippen molar-refractivity contribution >= 4 is 59.6 Å². The van der Waals surface area contributed by atoms with Crippen LogP contribution in [0, 0.1) is 0 Å². The van der Waals surface area contributed by atoms with E-state index in [0.29, 0.717) is 105 Å². The van der Waals surface area contributed by atoms with Crippen LogP contribution in [-0.4, -0.2) is 110 Å². The molecule has 67 heavy (non-hydrogen) atoms. The van der Waals surface area contributed by atoms with E-state index < -0.39 is 0 Å². The number of nitrogens with one attached hydrogen (secondary N) is 1. The van der Waals surface area contributed by atoms with Crippen LogP contribution in [0.1, 0.15) is 49.9 Å². The van der Waals surface area contributed by atoms with Crippen molar-refractivity contribution < 1.29 is 42.7 Å². The summed E-state index contributed by atoms with van der Waals surface area (Å²) >= 11 is 4.78. The molecule has 0 aliphatic carbocycles.